The van der Waals surface area contributed by atoms with Gasteiger partial charge in [0, 0.05) is 0 Å². The van der Waals surface area contributed by atoms with Gasteiger partial charge in [-0.3, -0.25) is 0 Å². The summed E-state index contributed by atoms with van der Waals surface area (Å²) in [6, 6.07) is 52.3. The first-order valence-electron chi connectivity index (χ1n) is 14.0. The highest BCUT2D eigenvalue weighted by Crippen LogP contribution is 2.56. The Morgan fingerprint density at radius 3 is 1.07 bits per heavy atom. The van der Waals surface area contributed by atoms with E-state index in [0.29, 0.717) is 34.1 Å². The molecule has 0 spiro atoms. The van der Waals surface area contributed by atoms with Crippen LogP contribution in [-0.2, 0) is 5.41 Å². The van der Waals surface area contributed by atoms with Crippen LogP contribution < -0.4 is 9.47 Å². The van der Waals surface area contributed by atoms with Crippen LogP contribution in [0.15, 0.2) is 146 Å². The minimum Gasteiger partial charge on any atom is -0.457 e. The maximum Gasteiger partial charge on any atom is 0.127 e. The van der Waals surface area contributed by atoms with Crippen molar-refractivity contribution >= 4 is 0 Å². The Morgan fingerprint density at radius 2 is 0.721 bits per heavy atom. The smallest absolute Gasteiger partial charge is 0.127 e. The van der Waals surface area contributed by atoms with Gasteiger partial charge in [-0.05, 0) is 106 Å². The highest BCUT2D eigenvalue weighted by molar-refractivity contribution is 5.86. The molecule has 0 N–H and O–H groups in total. The van der Waals surface area contributed by atoms with Gasteiger partial charge in [-0.2, -0.15) is 10.5 Å². The van der Waals surface area contributed by atoms with Gasteiger partial charge in [0.1, 0.15) is 23.0 Å². The number of nitrogens with zero attached hydrogens (tertiary/aromatic N) is 2. The molecule has 4 nitrogen and oxygen atoms in total. The zero-order valence-corrected chi connectivity index (χ0v) is 23.1. The van der Waals surface area contributed by atoms with E-state index in [2.05, 4.69) is 84.9 Å². The standard InChI is InChI=1S/C39H24N2O2/c40-25-27-9-17-31(18-10-27)42-33-21-13-29(14-22-33)39(37-7-3-1-5-35(37)36-6-2-4-8-38(36)39)30-15-23-34(24-16-30)43-32-19-11-28(26-41)12-20-32/h1-24H. The molecule has 0 bridgehead atoms. The van der Waals surface area contributed by atoms with Crippen molar-refractivity contribution in [3.05, 3.63) is 179 Å². The summed E-state index contributed by atoms with van der Waals surface area (Å²) in [4.78, 5) is 0. The molecule has 0 aromatic heterocycles. The predicted octanol–water partition coefficient (Wildman–Crippen LogP) is 9.38. The lowest BCUT2D eigenvalue weighted by molar-refractivity contribution is 0.482. The minimum atomic E-state index is -0.548. The number of hydrogen-bond donors (Lipinski definition) is 0. The summed E-state index contributed by atoms with van der Waals surface area (Å²) in [5, 5.41) is 18.2. The molecule has 0 saturated carbocycles. The van der Waals surface area contributed by atoms with E-state index in [0.717, 1.165) is 11.1 Å². The Balaban J connectivity index is 1.31. The second-order valence-electron chi connectivity index (χ2n) is 10.4. The van der Waals surface area contributed by atoms with Crippen molar-refractivity contribution in [1.82, 2.24) is 0 Å². The highest BCUT2D eigenvalue weighted by atomic mass is 16.5. The van der Waals surface area contributed by atoms with Crippen LogP contribution in [0.4, 0.5) is 0 Å². The molecule has 1 aliphatic carbocycles. The summed E-state index contributed by atoms with van der Waals surface area (Å²) in [6.45, 7) is 0. The van der Waals surface area contributed by atoms with Crippen LogP contribution in [0.25, 0.3) is 11.1 Å². The summed E-state index contributed by atoms with van der Waals surface area (Å²) in [5.74, 6) is 2.79. The van der Waals surface area contributed by atoms with E-state index in [1.165, 1.54) is 22.3 Å². The molecule has 0 amide bonds. The van der Waals surface area contributed by atoms with Gasteiger partial charge in [0.15, 0.2) is 0 Å². The average Bonchev–Trinajstić information content (AvgIpc) is 3.37. The third kappa shape index (κ3) is 4.49. The van der Waals surface area contributed by atoms with Gasteiger partial charge in [0.05, 0.1) is 28.7 Å². The van der Waals surface area contributed by atoms with Crippen LogP contribution in [0, 0.1) is 22.7 Å². The van der Waals surface area contributed by atoms with Crippen molar-refractivity contribution in [1.29, 1.82) is 10.5 Å². The summed E-state index contributed by atoms with van der Waals surface area (Å²) < 4.78 is 12.2. The molecule has 0 fully saturated rings. The maximum absolute atomic E-state index is 9.10. The Labute approximate surface area is 250 Å². The molecule has 6 aromatic rings. The second-order valence-corrected chi connectivity index (χ2v) is 10.4. The topological polar surface area (TPSA) is 66.0 Å². The van der Waals surface area contributed by atoms with E-state index >= 15 is 0 Å². The average molecular weight is 553 g/mol. The summed E-state index contributed by atoms with van der Waals surface area (Å²) >= 11 is 0. The molecular weight excluding hydrogens is 528 g/mol. The SMILES string of the molecule is N#Cc1ccc(Oc2ccc(C3(c4ccc(Oc5ccc(C#N)cc5)cc4)c4ccccc4-c4ccccc43)cc2)cc1. The van der Waals surface area contributed by atoms with Crippen LogP contribution in [0.2, 0.25) is 0 Å². The van der Waals surface area contributed by atoms with Gasteiger partial charge in [-0.15, -0.1) is 0 Å². The number of rotatable bonds is 6. The fraction of sp³-hybridized carbons (Fsp3) is 0.0256. The van der Waals surface area contributed by atoms with Gasteiger partial charge in [-0.1, -0.05) is 72.8 Å². The molecule has 0 aliphatic heterocycles. The summed E-state index contributed by atoms with van der Waals surface area (Å²) in [6.07, 6.45) is 0. The van der Waals surface area contributed by atoms with Crippen molar-refractivity contribution in [2.45, 2.75) is 5.41 Å². The molecule has 0 heterocycles. The number of nitriles is 2. The quantitative estimate of drug-likeness (QED) is 0.206. The van der Waals surface area contributed by atoms with Gasteiger partial charge in [0.25, 0.3) is 0 Å². The normalized spacial score (nSPS) is 12.3. The number of fused-ring (bicyclic) bond motifs is 3. The van der Waals surface area contributed by atoms with Crippen LogP contribution >= 0.6 is 0 Å². The highest BCUT2D eigenvalue weighted by Gasteiger charge is 2.45. The van der Waals surface area contributed by atoms with E-state index in [-0.39, 0.29) is 0 Å². The second kappa shape index (κ2) is 10.7. The van der Waals surface area contributed by atoms with Crippen molar-refractivity contribution in [2.75, 3.05) is 0 Å². The lowest BCUT2D eigenvalue weighted by Crippen LogP contribution is -2.28. The molecule has 0 atom stereocenters. The Hall–Kier alpha value is -6.10. The van der Waals surface area contributed by atoms with Crippen LogP contribution in [0.1, 0.15) is 33.4 Å². The molecule has 43 heavy (non-hydrogen) atoms. The molecule has 0 radical (unpaired) electrons. The number of hydrogen-bond acceptors (Lipinski definition) is 4. The van der Waals surface area contributed by atoms with E-state index in [4.69, 9.17) is 20.0 Å². The Morgan fingerprint density at radius 1 is 0.395 bits per heavy atom. The Bertz CT molecular complexity index is 1860. The van der Waals surface area contributed by atoms with Crippen LogP contribution in [-0.4, -0.2) is 0 Å². The summed E-state index contributed by atoms with van der Waals surface area (Å²) in [7, 11) is 0. The Kier molecular flexibility index (Phi) is 6.44. The van der Waals surface area contributed by atoms with E-state index < -0.39 is 5.41 Å². The molecule has 0 saturated heterocycles. The van der Waals surface area contributed by atoms with E-state index in [1.54, 1.807) is 48.5 Å². The molecule has 7 rings (SSSR count). The lowest BCUT2D eigenvalue weighted by Gasteiger charge is -2.34. The van der Waals surface area contributed by atoms with Gasteiger partial charge in [-0.25, -0.2) is 0 Å². The molecule has 0 unspecified atom stereocenters. The monoisotopic (exact) mass is 552 g/mol. The zero-order valence-electron chi connectivity index (χ0n) is 23.1. The largest absolute Gasteiger partial charge is 0.457 e. The fourth-order valence-electron chi connectivity index (χ4n) is 6.04. The summed E-state index contributed by atoms with van der Waals surface area (Å²) in [5.41, 5.74) is 7.76. The molecule has 202 valence electrons. The first-order chi connectivity index (χ1) is 21.2. The predicted molar refractivity (Wildman–Crippen MR) is 166 cm³/mol. The molecule has 6 aromatic carbocycles. The van der Waals surface area contributed by atoms with Crippen molar-refractivity contribution in [2.24, 2.45) is 0 Å². The minimum absolute atomic E-state index is 0.548. The van der Waals surface area contributed by atoms with Gasteiger partial charge >= 0.3 is 0 Å². The lowest BCUT2D eigenvalue weighted by atomic mass is 9.68. The number of ether oxygens (including phenoxy) is 2. The van der Waals surface area contributed by atoms with E-state index in [1.807, 2.05) is 24.3 Å². The first-order valence-corrected chi connectivity index (χ1v) is 14.0. The van der Waals surface area contributed by atoms with E-state index in [9.17, 15) is 0 Å². The molecular formula is C39H24N2O2. The van der Waals surface area contributed by atoms with Gasteiger partial charge in [0.2, 0.25) is 0 Å². The third-order valence-electron chi connectivity index (χ3n) is 7.97. The molecule has 4 heteroatoms. The van der Waals surface area contributed by atoms with Crippen molar-refractivity contribution in [3.8, 4) is 46.3 Å². The first kappa shape index (κ1) is 25.8. The van der Waals surface area contributed by atoms with Crippen molar-refractivity contribution < 1.29 is 9.47 Å². The van der Waals surface area contributed by atoms with Crippen LogP contribution in [0.5, 0.6) is 23.0 Å². The number of benzene rings is 6. The fourth-order valence-corrected chi connectivity index (χ4v) is 6.04. The zero-order chi connectivity index (χ0) is 29.2. The molecule has 1 aliphatic rings. The third-order valence-corrected chi connectivity index (χ3v) is 7.97. The maximum atomic E-state index is 9.10. The van der Waals surface area contributed by atoms with Gasteiger partial charge < -0.3 is 9.47 Å². The van der Waals surface area contributed by atoms with Crippen molar-refractivity contribution in [3.63, 3.8) is 0 Å². The van der Waals surface area contributed by atoms with Crippen LogP contribution in [0.3, 0.4) is 0 Å².